The average Bonchev–Trinajstić information content (AvgIpc) is 2.21. The molecule has 0 rings (SSSR count). The van der Waals surface area contributed by atoms with Crippen LogP contribution in [0.1, 0.15) is 13.8 Å². The van der Waals surface area contributed by atoms with Crippen LogP contribution < -0.4 is 5.73 Å². The maximum atomic E-state index is 6.05. The van der Waals surface area contributed by atoms with E-state index in [-0.39, 0.29) is 6.04 Å². The van der Waals surface area contributed by atoms with Crippen molar-refractivity contribution in [2.45, 2.75) is 19.9 Å². The lowest BCUT2D eigenvalue weighted by molar-refractivity contribution is 0.933. The van der Waals surface area contributed by atoms with Crippen molar-refractivity contribution in [2.75, 3.05) is 0 Å². The van der Waals surface area contributed by atoms with Gasteiger partial charge in [-0.3, -0.25) is 0 Å². The highest BCUT2D eigenvalue weighted by molar-refractivity contribution is 5.39. The quantitative estimate of drug-likeness (QED) is 0.661. The molecule has 76 valence electrons. The number of hydrogen-bond acceptors (Lipinski definition) is 1. The first-order chi connectivity index (χ1) is 6.71. The molecule has 2 N–H and O–H groups in total. The zero-order valence-electron chi connectivity index (χ0n) is 9.03. The molecule has 0 radical (unpaired) electrons. The fourth-order valence-corrected chi connectivity index (χ4v) is 1.20. The van der Waals surface area contributed by atoms with Crippen LogP contribution in [0.4, 0.5) is 0 Å². The molecule has 0 bridgehead atoms. The number of rotatable bonds is 5. The first-order valence-corrected chi connectivity index (χ1v) is 4.70. The predicted octanol–water partition coefficient (Wildman–Crippen LogP) is 3.13. The van der Waals surface area contributed by atoms with Crippen LogP contribution >= 0.6 is 0 Å². The molecule has 0 aliphatic rings. The van der Waals surface area contributed by atoms with Crippen LogP contribution in [0.5, 0.6) is 0 Å². The standard InChI is InChI=1S/C13H19N/c1-5-9-11(7-3)13(14)12(8-4)10-6-2/h5-10,13H,1,3,14H2,2,4H3/b10-6-,11-9+,12-8+. The molecule has 0 saturated heterocycles. The van der Waals surface area contributed by atoms with Gasteiger partial charge in [0.1, 0.15) is 0 Å². The third kappa shape index (κ3) is 3.58. The first-order valence-electron chi connectivity index (χ1n) is 4.70. The van der Waals surface area contributed by atoms with Crippen molar-refractivity contribution < 1.29 is 0 Å². The Morgan fingerprint density at radius 2 is 1.86 bits per heavy atom. The maximum Gasteiger partial charge on any atom is 0.0548 e. The molecule has 1 unspecified atom stereocenters. The Bertz CT molecular complexity index is 280. The fraction of sp³-hybridized carbons (Fsp3) is 0.231. The van der Waals surface area contributed by atoms with Crippen LogP contribution in [0.25, 0.3) is 0 Å². The van der Waals surface area contributed by atoms with E-state index >= 15 is 0 Å². The molecule has 0 aromatic heterocycles. The van der Waals surface area contributed by atoms with Crippen molar-refractivity contribution >= 4 is 0 Å². The zero-order valence-corrected chi connectivity index (χ0v) is 9.03. The van der Waals surface area contributed by atoms with Crippen molar-refractivity contribution in [2.24, 2.45) is 5.73 Å². The van der Waals surface area contributed by atoms with Gasteiger partial charge in [0.2, 0.25) is 0 Å². The van der Waals surface area contributed by atoms with Gasteiger partial charge in [0.05, 0.1) is 6.04 Å². The second kappa shape index (κ2) is 7.10. The smallest absolute Gasteiger partial charge is 0.0548 e. The minimum absolute atomic E-state index is 0.119. The number of nitrogens with two attached hydrogens (primary N) is 1. The van der Waals surface area contributed by atoms with Gasteiger partial charge in [-0.2, -0.15) is 0 Å². The number of hydrogen-bond donors (Lipinski definition) is 1. The van der Waals surface area contributed by atoms with Crippen molar-refractivity contribution in [3.05, 3.63) is 60.8 Å². The molecule has 0 aliphatic carbocycles. The van der Waals surface area contributed by atoms with Crippen LogP contribution in [0.3, 0.4) is 0 Å². The molecule has 0 fully saturated rings. The molecular weight excluding hydrogens is 170 g/mol. The van der Waals surface area contributed by atoms with Crippen LogP contribution in [-0.4, -0.2) is 6.04 Å². The normalized spacial score (nSPS) is 15.6. The van der Waals surface area contributed by atoms with E-state index in [4.69, 9.17) is 5.73 Å². The van der Waals surface area contributed by atoms with Crippen molar-refractivity contribution in [1.29, 1.82) is 0 Å². The number of allylic oxidation sites excluding steroid dienone is 4. The summed E-state index contributed by atoms with van der Waals surface area (Å²) in [6.45, 7) is 11.3. The summed E-state index contributed by atoms with van der Waals surface area (Å²) in [4.78, 5) is 0. The molecule has 1 heteroatoms. The van der Waals surface area contributed by atoms with Crippen LogP contribution in [0, 0.1) is 0 Å². The Kier molecular flexibility index (Phi) is 6.42. The molecule has 0 saturated carbocycles. The minimum atomic E-state index is -0.119. The largest absolute Gasteiger partial charge is 0.320 e. The molecule has 0 aromatic carbocycles. The molecule has 0 aromatic rings. The Morgan fingerprint density at radius 3 is 2.21 bits per heavy atom. The zero-order chi connectivity index (χ0) is 11.0. The average molecular weight is 189 g/mol. The van der Waals surface area contributed by atoms with Gasteiger partial charge in [0, 0.05) is 0 Å². The lowest BCUT2D eigenvalue weighted by atomic mass is 9.98. The third-order valence-corrected chi connectivity index (χ3v) is 1.96. The van der Waals surface area contributed by atoms with Gasteiger partial charge in [0.25, 0.3) is 0 Å². The fourth-order valence-electron chi connectivity index (χ4n) is 1.20. The molecule has 14 heavy (non-hydrogen) atoms. The van der Waals surface area contributed by atoms with E-state index in [1.54, 1.807) is 12.2 Å². The lowest BCUT2D eigenvalue weighted by Gasteiger charge is -2.13. The molecule has 0 spiro atoms. The second-order valence-corrected chi connectivity index (χ2v) is 2.87. The van der Waals surface area contributed by atoms with Crippen LogP contribution in [0.2, 0.25) is 0 Å². The van der Waals surface area contributed by atoms with Crippen molar-refractivity contribution in [3.63, 3.8) is 0 Å². The minimum Gasteiger partial charge on any atom is -0.320 e. The molecule has 1 atom stereocenters. The maximum absolute atomic E-state index is 6.05. The monoisotopic (exact) mass is 189 g/mol. The summed E-state index contributed by atoms with van der Waals surface area (Å²) in [6, 6.07) is -0.119. The summed E-state index contributed by atoms with van der Waals surface area (Å²) in [6.07, 6.45) is 11.4. The van der Waals surface area contributed by atoms with Gasteiger partial charge in [-0.15, -0.1) is 0 Å². The molecular formula is C13H19N. The van der Waals surface area contributed by atoms with E-state index < -0.39 is 0 Å². The molecule has 0 aliphatic heterocycles. The summed E-state index contributed by atoms with van der Waals surface area (Å²) in [5, 5.41) is 0. The first kappa shape index (κ1) is 12.7. The van der Waals surface area contributed by atoms with E-state index in [2.05, 4.69) is 13.2 Å². The van der Waals surface area contributed by atoms with Gasteiger partial charge in [-0.25, -0.2) is 0 Å². The molecule has 1 nitrogen and oxygen atoms in total. The van der Waals surface area contributed by atoms with Gasteiger partial charge < -0.3 is 5.73 Å². The predicted molar refractivity (Wildman–Crippen MR) is 65.0 cm³/mol. The van der Waals surface area contributed by atoms with E-state index in [0.29, 0.717) is 0 Å². The summed E-state index contributed by atoms with van der Waals surface area (Å²) in [5.74, 6) is 0. The van der Waals surface area contributed by atoms with E-state index in [1.807, 2.05) is 38.2 Å². The Morgan fingerprint density at radius 1 is 1.21 bits per heavy atom. The third-order valence-electron chi connectivity index (χ3n) is 1.96. The molecule has 0 amide bonds. The summed E-state index contributed by atoms with van der Waals surface area (Å²) < 4.78 is 0. The Labute approximate surface area is 87.0 Å². The summed E-state index contributed by atoms with van der Waals surface area (Å²) >= 11 is 0. The van der Waals surface area contributed by atoms with E-state index in [1.165, 1.54) is 0 Å². The Hall–Kier alpha value is -1.34. The summed E-state index contributed by atoms with van der Waals surface area (Å²) in [5.41, 5.74) is 8.11. The highest BCUT2D eigenvalue weighted by Crippen LogP contribution is 2.12. The highest BCUT2D eigenvalue weighted by Gasteiger charge is 2.07. The van der Waals surface area contributed by atoms with Crippen LogP contribution in [-0.2, 0) is 0 Å². The highest BCUT2D eigenvalue weighted by atomic mass is 14.6. The van der Waals surface area contributed by atoms with E-state index in [9.17, 15) is 0 Å². The summed E-state index contributed by atoms with van der Waals surface area (Å²) in [7, 11) is 0. The second-order valence-electron chi connectivity index (χ2n) is 2.87. The SMILES string of the molecule is C=C/C=C(\C=C)C(N)C(/C=C\C)=C/C. The lowest BCUT2D eigenvalue weighted by Crippen LogP contribution is -2.23. The van der Waals surface area contributed by atoms with Gasteiger partial charge in [0.15, 0.2) is 0 Å². The topological polar surface area (TPSA) is 26.0 Å². The Balaban J connectivity index is 4.89. The molecule has 0 heterocycles. The van der Waals surface area contributed by atoms with Crippen LogP contribution in [0.15, 0.2) is 60.8 Å². The van der Waals surface area contributed by atoms with Gasteiger partial charge in [-0.05, 0) is 25.0 Å². The van der Waals surface area contributed by atoms with Crippen molar-refractivity contribution in [3.8, 4) is 0 Å². The van der Waals surface area contributed by atoms with Gasteiger partial charge in [-0.1, -0.05) is 49.6 Å². The van der Waals surface area contributed by atoms with Crippen molar-refractivity contribution in [1.82, 2.24) is 0 Å². The van der Waals surface area contributed by atoms with E-state index in [0.717, 1.165) is 11.1 Å². The van der Waals surface area contributed by atoms with Gasteiger partial charge >= 0.3 is 0 Å².